The molecule has 5 rings (SSSR count). The average molecular weight is 556 g/mol. The van der Waals surface area contributed by atoms with Gasteiger partial charge in [0.05, 0.1) is 11.2 Å². The molecule has 0 saturated heterocycles. The van der Waals surface area contributed by atoms with Gasteiger partial charge in [0.15, 0.2) is 11.5 Å². The van der Waals surface area contributed by atoms with Gasteiger partial charge in [-0.1, -0.05) is 18.9 Å². The number of nitrogens with one attached hydrogen (secondary N) is 1. The van der Waals surface area contributed by atoms with Gasteiger partial charge in [-0.05, 0) is 89.4 Å². The minimum atomic E-state index is -0.243. The predicted molar refractivity (Wildman–Crippen MR) is 161 cm³/mol. The molecule has 216 valence electrons. The van der Waals surface area contributed by atoms with Crippen LogP contribution < -0.4 is 0 Å². The van der Waals surface area contributed by atoms with E-state index in [4.69, 9.17) is 4.98 Å². The number of amides is 1. The Balaban J connectivity index is 1.43. The number of aryl methyl sites for hydroxylation is 2. The normalized spacial score (nSPS) is 17.7. The molecule has 4 aromatic rings. The van der Waals surface area contributed by atoms with E-state index in [1.54, 1.807) is 41.9 Å². The van der Waals surface area contributed by atoms with Gasteiger partial charge in [0.2, 0.25) is 5.78 Å². The Morgan fingerprint density at radius 1 is 1.00 bits per heavy atom. The van der Waals surface area contributed by atoms with Crippen LogP contribution in [0.3, 0.4) is 0 Å². The zero-order valence-corrected chi connectivity index (χ0v) is 25.3. The summed E-state index contributed by atoms with van der Waals surface area (Å²) in [6, 6.07) is 9.91. The van der Waals surface area contributed by atoms with Gasteiger partial charge in [-0.3, -0.25) is 14.3 Å². The Labute approximate surface area is 242 Å². The van der Waals surface area contributed by atoms with E-state index in [9.17, 15) is 9.59 Å². The summed E-state index contributed by atoms with van der Waals surface area (Å²) in [4.78, 5) is 43.2. The van der Waals surface area contributed by atoms with Gasteiger partial charge >= 0.3 is 0 Å². The molecule has 0 spiro atoms. The lowest BCUT2D eigenvalue weighted by Gasteiger charge is -2.22. The minimum absolute atomic E-state index is 0.131. The first-order valence-electron chi connectivity index (χ1n) is 14.5. The molecule has 1 aromatic carbocycles. The number of ketones is 1. The summed E-state index contributed by atoms with van der Waals surface area (Å²) in [6.45, 7) is 3.88. The van der Waals surface area contributed by atoms with Gasteiger partial charge in [-0.2, -0.15) is 5.10 Å². The highest BCUT2D eigenvalue weighted by Gasteiger charge is 2.24. The van der Waals surface area contributed by atoms with E-state index in [0.717, 1.165) is 34.6 Å². The number of carbonyl (C=O) groups excluding carboxylic acids is 2. The molecule has 9 nitrogen and oxygen atoms in total. The molecule has 1 saturated carbocycles. The van der Waals surface area contributed by atoms with E-state index in [1.165, 1.54) is 32.1 Å². The third-order valence-electron chi connectivity index (χ3n) is 8.60. The van der Waals surface area contributed by atoms with Gasteiger partial charge < -0.3 is 14.8 Å². The SMILES string of the molecule is Cc1nn(C)c(C)c1-c1cc(C(=O)c2nc3nc(CC4CCCC(N(C)C)CC4)ccc3[nH]2)ccc1C(=O)N(C)C. The van der Waals surface area contributed by atoms with E-state index >= 15 is 0 Å². The lowest BCUT2D eigenvalue weighted by molar-refractivity contribution is 0.0827. The van der Waals surface area contributed by atoms with E-state index in [0.29, 0.717) is 34.3 Å². The van der Waals surface area contributed by atoms with Crippen LogP contribution in [-0.4, -0.2) is 80.5 Å². The molecule has 1 aliphatic rings. The van der Waals surface area contributed by atoms with Gasteiger partial charge in [-0.15, -0.1) is 0 Å². The topological polar surface area (TPSA) is 100 Å². The van der Waals surface area contributed by atoms with Crippen LogP contribution in [-0.2, 0) is 13.5 Å². The quantitative estimate of drug-likeness (QED) is 0.256. The van der Waals surface area contributed by atoms with Gasteiger partial charge in [0.1, 0.15) is 0 Å². The fourth-order valence-electron chi connectivity index (χ4n) is 6.15. The van der Waals surface area contributed by atoms with Crippen LogP contribution in [0.25, 0.3) is 22.3 Å². The van der Waals surface area contributed by atoms with Crippen LogP contribution >= 0.6 is 0 Å². The smallest absolute Gasteiger partial charge is 0.253 e. The van der Waals surface area contributed by atoms with E-state index in [2.05, 4.69) is 40.1 Å². The molecular formula is C32H41N7O2. The average Bonchev–Trinajstić information content (AvgIpc) is 3.36. The van der Waals surface area contributed by atoms with Crippen molar-refractivity contribution < 1.29 is 9.59 Å². The first kappa shape index (κ1) is 28.7. The number of rotatable bonds is 7. The fraction of sp³-hybridized carbons (Fsp3) is 0.469. The number of fused-ring (bicyclic) bond motifs is 1. The molecule has 1 N–H and O–H groups in total. The van der Waals surface area contributed by atoms with Gasteiger partial charge in [0.25, 0.3) is 5.91 Å². The van der Waals surface area contributed by atoms with Crippen molar-refractivity contribution in [2.24, 2.45) is 13.0 Å². The highest BCUT2D eigenvalue weighted by atomic mass is 16.2. The summed E-state index contributed by atoms with van der Waals surface area (Å²) in [5.41, 5.74) is 6.57. The number of imidazole rings is 1. The number of pyridine rings is 1. The van der Waals surface area contributed by atoms with E-state index in [-0.39, 0.29) is 17.5 Å². The molecule has 2 unspecified atom stereocenters. The second-order valence-corrected chi connectivity index (χ2v) is 11.9. The van der Waals surface area contributed by atoms with Crippen molar-refractivity contribution >= 4 is 22.9 Å². The highest BCUT2D eigenvalue weighted by molar-refractivity contribution is 6.10. The van der Waals surface area contributed by atoms with Crippen molar-refractivity contribution in [1.82, 2.24) is 34.5 Å². The molecule has 41 heavy (non-hydrogen) atoms. The molecule has 1 amide bonds. The maximum absolute atomic E-state index is 13.7. The number of benzene rings is 1. The number of hydrogen-bond acceptors (Lipinski definition) is 6. The summed E-state index contributed by atoms with van der Waals surface area (Å²) in [6.07, 6.45) is 7.08. The Morgan fingerprint density at radius 3 is 2.46 bits per heavy atom. The first-order chi connectivity index (χ1) is 19.5. The molecule has 1 fully saturated rings. The zero-order valence-electron chi connectivity index (χ0n) is 25.3. The zero-order chi connectivity index (χ0) is 29.4. The molecule has 0 aliphatic heterocycles. The molecular weight excluding hydrogens is 514 g/mol. The fourth-order valence-corrected chi connectivity index (χ4v) is 6.15. The van der Waals surface area contributed by atoms with Crippen molar-refractivity contribution in [2.75, 3.05) is 28.2 Å². The number of H-pyrrole nitrogens is 1. The van der Waals surface area contributed by atoms with Crippen LogP contribution in [0.4, 0.5) is 0 Å². The van der Waals surface area contributed by atoms with Crippen molar-refractivity contribution in [3.8, 4) is 11.1 Å². The predicted octanol–water partition coefficient (Wildman–Crippen LogP) is 4.96. The molecule has 0 radical (unpaired) electrons. The molecule has 2 atom stereocenters. The van der Waals surface area contributed by atoms with E-state index < -0.39 is 0 Å². The third kappa shape index (κ3) is 5.81. The summed E-state index contributed by atoms with van der Waals surface area (Å²) in [5.74, 6) is 0.483. The third-order valence-corrected chi connectivity index (χ3v) is 8.60. The number of nitrogens with zero attached hydrogens (tertiary/aromatic N) is 6. The van der Waals surface area contributed by atoms with Crippen LogP contribution in [0, 0.1) is 19.8 Å². The summed E-state index contributed by atoms with van der Waals surface area (Å²) >= 11 is 0. The Hall–Kier alpha value is -3.85. The van der Waals surface area contributed by atoms with Gasteiger partial charge in [0, 0.05) is 55.3 Å². The molecule has 0 bridgehead atoms. The Morgan fingerprint density at radius 2 is 1.78 bits per heavy atom. The maximum Gasteiger partial charge on any atom is 0.253 e. The number of carbonyl (C=O) groups is 2. The largest absolute Gasteiger partial charge is 0.345 e. The number of aromatic amines is 1. The maximum atomic E-state index is 13.7. The van der Waals surface area contributed by atoms with E-state index in [1.807, 2.05) is 27.0 Å². The van der Waals surface area contributed by atoms with Crippen LogP contribution in [0.2, 0.25) is 0 Å². The number of aromatic nitrogens is 5. The van der Waals surface area contributed by atoms with Crippen molar-refractivity contribution in [1.29, 1.82) is 0 Å². The number of hydrogen-bond donors (Lipinski definition) is 1. The van der Waals surface area contributed by atoms with Crippen molar-refractivity contribution in [3.05, 3.63) is 64.4 Å². The summed E-state index contributed by atoms with van der Waals surface area (Å²) in [7, 11) is 9.67. The minimum Gasteiger partial charge on any atom is -0.345 e. The lowest BCUT2D eigenvalue weighted by atomic mass is 9.94. The second kappa shape index (κ2) is 11.6. The lowest BCUT2D eigenvalue weighted by Crippen LogP contribution is -2.27. The van der Waals surface area contributed by atoms with Gasteiger partial charge in [-0.25, -0.2) is 9.97 Å². The molecule has 1 aliphatic carbocycles. The monoisotopic (exact) mass is 555 g/mol. The Bertz CT molecular complexity index is 1600. The molecule has 3 aromatic heterocycles. The van der Waals surface area contributed by atoms with Crippen molar-refractivity contribution in [3.63, 3.8) is 0 Å². The van der Waals surface area contributed by atoms with Crippen molar-refractivity contribution in [2.45, 2.75) is 58.4 Å². The van der Waals surface area contributed by atoms with Crippen LogP contribution in [0.15, 0.2) is 30.3 Å². The molecule has 3 heterocycles. The molecule has 9 heteroatoms. The summed E-state index contributed by atoms with van der Waals surface area (Å²) < 4.78 is 1.79. The van der Waals surface area contributed by atoms with Crippen LogP contribution in [0.1, 0.15) is 75.7 Å². The Kier molecular flexibility index (Phi) is 8.09. The standard InChI is InChI=1S/C32H41N7O2/c1-19-28(20(2)39(7)36-19)26-18-22(12-15-25(26)32(41)38(5)6)29(40)31-34-27-16-13-23(33-30(27)35-31)17-21-9-8-10-24(14-11-21)37(3)4/h12-13,15-16,18,21,24H,8-11,14,17H2,1-7H3,(H,33,34,35). The first-order valence-corrected chi connectivity index (χ1v) is 14.5. The van der Waals surface area contributed by atoms with Crippen LogP contribution in [0.5, 0.6) is 0 Å². The highest BCUT2D eigenvalue weighted by Crippen LogP contribution is 2.32. The second-order valence-electron chi connectivity index (χ2n) is 11.9. The summed E-state index contributed by atoms with van der Waals surface area (Å²) in [5, 5.41) is 4.54.